The maximum absolute atomic E-state index is 13.1. The average molecular weight is 368 g/mol. The minimum atomic E-state index is -0.138. The first-order chi connectivity index (χ1) is 13.6. The molecule has 0 bridgehead atoms. The topological polar surface area (TPSA) is 59.3 Å². The third-order valence-corrected chi connectivity index (χ3v) is 4.58. The van der Waals surface area contributed by atoms with Crippen LogP contribution >= 0.6 is 0 Å². The summed E-state index contributed by atoms with van der Waals surface area (Å²) in [5.74, 6) is 0.371. The van der Waals surface area contributed by atoms with Gasteiger partial charge in [-0.2, -0.15) is 5.10 Å². The number of nitrogens with one attached hydrogen (secondary N) is 1. The second-order valence-corrected chi connectivity index (χ2v) is 6.66. The van der Waals surface area contributed by atoms with Crippen molar-refractivity contribution >= 4 is 23.1 Å². The molecule has 0 fully saturated rings. The van der Waals surface area contributed by atoms with E-state index in [1.165, 1.54) is 5.56 Å². The Balaban J connectivity index is 1.79. The number of anilines is 1. The number of benzene rings is 3. The van der Waals surface area contributed by atoms with Crippen molar-refractivity contribution in [1.82, 2.24) is 9.55 Å². The van der Waals surface area contributed by atoms with Crippen molar-refractivity contribution in [1.29, 1.82) is 0 Å². The normalized spacial score (nSPS) is 11.2. The molecule has 1 aromatic heterocycles. The molecule has 0 saturated heterocycles. The lowest BCUT2D eigenvalue weighted by Crippen LogP contribution is -2.22. The number of hydrogen-bond donors (Lipinski definition) is 1. The molecular formula is C23H20N4O. The first-order valence-electron chi connectivity index (χ1n) is 9.07. The predicted octanol–water partition coefficient (Wildman–Crippen LogP) is 4.45. The zero-order valence-electron chi connectivity index (χ0n) is 15.8. The van der Waals surface area contributed by atoms with Gasteiger partial charge in [-0.1, -0.05) is 54.1 Å². The van der Waals surface area contributed by atoms with Gasteiger partial charge in [-0.05, 0) is 49.2 Å². The Morgan fingerprint density at radius 2 is 1.71 bits per heavy atom. The van der Waals surface area contributed by atoms with Gasteiger partial charge in [-0.25, -0.2) is 15.0 Å². The molecule has 4 rings (SSSR count). The van der Waals surface area contributed by atoms with Crippen LogP contribution in [0.1, 0.15) is 16.7 Å². The summed E-state index contributed by atoms with van der Waals surface area (Å²) < 4.78 is 1.54. The Kier molecular flexibility index (Phi) is 4.72. The molecule has 0 radical (unpaired) electrons. The molecule has 1 N–H and O–H groups in total. The monoisotopic (exact) mass is 368 g/mol. The van der Waals surface area contributed by atoms with Gasteiger partial charge in [-0.3, -0.25) is 4.79 Å². The van der Waals surface area contributed by atoms with Gasteiger partial charge in [0.25, 0.3) is 5.56 Å². The fraction of sp³-hybridized carbons (Fsp3) is 0.0870. The van der Waals surface area contributed by atoms with E-state index < -0.39 is 0 Å². The quantitative estimate of drug-likeness (QED) is 0.428. The largest absolute Gasteiger partial charge is 0.268 e. The number of nitrogens with zero attached hydrogens (tertiary/aromatic N) is 3. The Bertz CT molecular complexity index is 1230. The van der Waals surface area contributed by atoms with Crippen molar-refractivity contribution in [2.75, 3.05) is 5.43 Å². The van der Waals surface area contributed by atoms with Crippen LogP contribution in [0.5, 0.6) is 0 Å². The summed E-state index contributed by atoms with van der Waals surface area (Å²) >= 11 is 0. The molecule has 28 heavy (non-hydrogen) atoms. The summed E-state index contributed by atoms with van der Waals surface area (Å²) in [6.45, 7) is 4.10. The van der Waals surface area contributed by atoms with E-state index >= 15 is 0 Å². The van der Waals surface area contributed by atoms with Crippen molar-refractivity contribution < 1.29 is 0 Å². The van der Waals surface area contributed by atoms with Gasteiger partial charge < -0.3 is 0 Å². The highest BCUT2D eigenvalue weighted by Gasteiger charge is 2.12. The third kappa shape index (κ3) is 3.42. The number of hydrogen-bond acceptors (Lipinski definition) is 4. The number of hydrazone groups is 1. The molecule has 0 aliphatic carbocycles. The van der Waals surface area contributed by atoms with Crippen molar-refractivity contribution in [2.24, 2.45) is 5.10 Å². The van der Waals surface area contributed by atoms with E-state index in [4.69, 9.17) is 0 Å². The Morgan fingerprint density at radius 3 is 2.50 bits per heavy atom. The molecular weight excluding hydrogens is 348 g/mol. The number of rotatable bonds is 4. The van der Waals surface area contributed by atoms with Gasteiger partial charge >= 0.3 is 0 Å². The third-order valence-electron chi connectivity index (χ3n) is 4.58. The Hall–Kier alpha value is -3.73. The molecule has 4 aromatic rings. The van der Waals surface area contributed by atoms with Gasteiger partial charge in [0, 0.05) is 0 Å². The van der Waals surface area contributed by atoms with Crippen LogP contribution in [0.3, 0.4) is 0 Å². The molecule has 0 saturated carbocycles. The zero-order chi connectivity index (χ0) is 19.5. The number of fused-ring (bicyclic) bond motifs is 1. The van der Waals surface area contributed by atoms with Gasteiger partial charge in [0.2, 0.25) is 5.95 Å². The lowest BCUT2D eigenvalue weighted by molar-refractivity contribution is 0.956. The lowest BCUT2D eigenvalue weighted by atomic mass is 10.1. The summed E-state index contributed by atoms with van der Waals surface area (Å²) in [6, 6.07) is 22.9. The van der Waals surface area contributed by atoms with Crippen molar-refractivity contribution in [3.8, 4) is 5.69 Å². The number of aromatic nitrogens is 2. The van der Waals surface area contributed by atoms with Crippen molar-refractivity contribution in [3.63, 3.8) is 0 Å². The van der Waals surface area contributed by atoms with Crippen LogP contribution in [0.25, 0.3) is 16.6 Å². The van der Waals surface area contributed by atoms with E-state index in [0.29, 0.717) is 16.9 Å². The molecule has 0 atom stereocenters. The molecule has 0 unspecified atom stereocenters. The van der Waals surface area contributed by atoms with Gasteiger partial charge in [-0.15, -0.1) is 0 Å². The summed E-state index contributed by atoms with van der Waals surface area (Å²) in [5.41, 5.74) is 7.53. The fourth-order valence-electron chi connectivity index (χ4n) is 3.15. The first-order valence-corrected chi connectivity index (χ1v) is 9.07. The molecule has 3 aromatic carbocycles. The minimum Gasteiger partial charge on any atom is -0.268 e. The molecule has 0 spiro atoms. The standard InChI is InChI=1S/C23H20N4O/c1-16-12-13-18(17(2)14-16)15-24-26-23-25-21-11-7-6-10-20(21)22(28)27(23)19-8-4-3-5-9-19/h3-15H,1-2H3,(H,25,26). The molecule has 0 amide bonds. The molecule has 138 valence electrons. The van der Waals surface area contributed by atoms with E-state index in [9.17, 15) is 4.79 Å². The molecule has 5 heteroatoms. The zero-order valence-corrected chi connectivity index (χ0v) is 15.8. The van der Waals surface area contributed by atoms with Crippen LogP contribution in [0, 0.1) is 13.8 Å². The minimum absolute atomic E-state index is 0.138. The van der Waals surface area contributed by atoms with Crippen LogP contribution in [-0.4, -0.2) is 15.8 Å². The maximum Gasteiger partial charge on any atom is 0.267 e. The molecule has 1 heterocycles. The van der Waals surface area contributed by atoms with Crippen LogP contribution in [0.4, 0.5) is 5.95 Å². The van der Waals surface area contributed by atoms with Crippen LogP contribution in [-0.2, 0) is 0 Å². The Labute approximate surface area is 163 Å². The van der Waals surface area contributed by atoms with E-state index in [0.717, 1.165) is 16.8 Å². The average Bonchev–Trinajstić information content (AvgIpc) is 2.70. The molecule has 0 aliphatic rings. The van der Waals surface area contributed by atoms with E-state index in [1.807, 2.05) is 67.6 Å². The van der Waals surface area contributed by atoms with E-state index in [-0.39, 0.29) is 5.56 Å². The first kappa shape index (κ1) is 17.7. The summed E-state index contributed by atoms with van der Waals surface area (Å²) in [7, 11) is 0. The second kappa shape index (κ2) is 7.48. The smallest absolute Gasteiger partial charge is 0.267 e. The highest BCUT2D eigenvalue weighted by atomic mass is 16.1. The number of aryl methyl sites for hydroxylation is 2. The second-order valence-electron chi connectivity index (χ2n) is 6.66. The van der Waals surface area contributed by atoms with Crippen LogP contribution in [0.15, 0.2) is 82.7 Å². The fourth-order valence-corrected chi connectivity index (χ4v) is 3.15. The van der Waals surface area contributed by atoms with Gasteiger partial charge in [0.05, 0.1) is 22.8 Å². The van der Waals surface area contributed by atoms with E-state index in [1.54, 1.807) is 16.8 Å². The highest BCUT2D eigenvalue weighted by molar-refractivity contribution is 5.83. The van der Waals surface area contributed by atoms with Crippen LogP contribution in [0.2, 0.25) is 0 Å². The highest BCUT2D eigenvalue weighted by Crippen LogP contribution is 2.16. The van der Waals surface area contributed by atoms with Gasteiger partial charge in [0.15, 0.2) is 0 Å². The van der Waals surface area contributed by atoms with E-state index in [2.05, 4.69) is 28.5 Å². The molecule has 5 nitrogen and oxygen atoms in total. The summed E-state index contributed by atoms with van der Waals surface area (Å²) in [5, 5.41) is 4.90. The Morgan fingerprint density at radius 1 is 0.964 bits per heavy atom. The summed E-state index contributed by atoms with van der Waals surface area (Å²) in [4.78, 5) is 17.7. The number of para-hydroxylation sites is 2. The van der Waals surface area contributed by atoms with Crippen molar-refractivity contribution in [2.45, 2.75) is 13.8 Å². The summed E-state index contributed by atoms with van der Waals surface area (Å²) in [6.07, 6.45) is 1.74. The SMILES string of the molecule is Cc1ccc(C=NNc2nc3ccccc3c(=O)n2-c2ccccc2)c(C)c1. The molecule has 0 aliphatic heterocycles. The maximum atomic E-state index is 13.1. The van der Waals surface area contributed by atoms with Crippen LogP contribution < -0.4 is 11.0 Å². The lowest BCUT2D eigenvalue weighted by Gasteiger charge is -2.12. The van der Waals surface area contributed by atoms with Gasteiger partial charge in [0.1, 0.15) is 0 Å². The predicted molar refractivity (Wildman–Crippen MR) is 114 cm³/mol. The van der Waals surface area contributed by atoms with Crippen molar-refractivity contribution in [3.05, 3.63) is 99.8 Å².